The van der Waals surface area contributed by atoms with Crippen LogP contribution in [0.5, 0.6) is 0 Å². The van der Waals surface area contributed by atoms with Crippen LogP contribution in [0.3, 0.4) is 0 Å². The number of rotatable bonds is 2. The molecule has 2 aliphatic rings. The Hall–Kier alpha value is -2.14. The van der Waals surface area contributed by atoms with Gasteiger partial charge in [0.1, 0.15) is 11.6 Å². The van der Waals surface area contributed by atoms with E-state index in [0.29, 0.717) is 28.9 Å². The number of nitrogens with one attached hydrogen (secondary N) is 1. The Kier molecular flexibility index (Phi) is 2.94. The van der Waals surface area contributed by atoms with Gasteiger partial charge in [-0.05, 0) is 38.4 Å². The predicted molar refractivity (Wildman–Crippen MR) is 86.8 cm³/mol. The molecule has 0 radical (unpaired) electrons. The van der Waals surface area contributed by atoms with Gasteiger partial charge in [-0.25, -0.2) is 4.39 Å². The Morgan fingerprint density at radius 3 is 3.00 bits per heavy atom. The number of ether oxygens (including phenoxy) is 1. The minimum absolute atomic E-state index is 0.0717. The van der Waals surface area contributed by atoms with Gasteiger partial charge in [-0.15, -0.1) is 0 Å². The SMILES string of the molecule is C=C(OC)c1cc(F)cc2[nH]c3c(c12)C(=O)CN1CCC[C@]31C. The molecule has 0 bridgehead atoms. The highest BCUT2D eigenvalue weighted by atomic mass is 19.1. The van der Waals surface area contributed by atoms with Crippen LogP contribution >= 0.6 is 0 Å². The largest absolute Gasteiger partial charge is 0.497 e. The van der Waals surface area contributed by atoms with Crippen molar-refractivity contribution >= 4 is 22.4 Å². The highest BCUT2D eigenvalue weighted by Gasteiger charge is 2.47. The lowest BCUT2D eigenvalue weighted by Gasteiger charge is -2.38. The van der Waals surface area contributed by atoms with Gasteiger partial charge in [-0.2, -0.15) is 0 Å². The molecule has 4 rings (SSSR count). The molecular weight excluding hydrogens is 295 g/mol. The molecule has 1 fully saturated rings. The van der Waals surface area contributed by atoms with E-state index >= 15 is 0 Å². The Balaban J connectivity index is 2.08. The van der Waals surface area contributed by atoms with E-state index in [-0.39, 0.29) is 17.1 Å². The zero-order valence-electron chi connectivity index (χ0n) is 13.3. The van der Waals surface area contributed by atoms with Crippen LogP contribution in [0.1, 0.15) is 41.4 Å². The number of ketones is 1. The minimum atomic E-state index is -0.370. The summed E-state index contributed by atoms with van der Waals surface area (Å²) in [6.45, 7) is 7.33. The standard InChI is InChI=1S/C18H19FN2O2/c1-10(23-3)12-7-11(19)8-13-15(12)16-14(22)9-21-6-4-5-18(21,2)17(16)20-13/h7-8,20H,1,4-6,9H2,2-3H3/t18-/m1/s1. The lowest BCUT2D eigenvalue weighted by Crippen LogP contribution is -2.46. The number of halogens is 1. The van der Waals surface area contributed by atoms with Gasteiger partial charge in [0.15, 0.2) is 5.78 Å². The molecule has 1 saturated heterocycles. The first kappa shape index (κ1) is 14.5. The number of hydrogen-bond acceptors (Lipinski definition) is 3. The van der Waals surface area contributed by atoms with E-state index in [1.807, 2.05) is 0 Å². The average molecular weight is 314 g/mol. The third-order valence-electron chi connectivity index (χ3n) is 5.35. The van der Waals surface area contributed by atoms with Crippen LogP contribution in [0.4, 0.5) is 4.39 Å². The summed E-state index contributed by atoms with van der Waals surface area (Å²) in [5.41, 5.74) is 2.56. The van der Waals surface area contributed by atoms with Crippen molar-refractivity contribution in [2.45, 2.75) is 25.3 Å². The fourth-order valence-electron chi connectivity index (χ4n) is 4.12. The number of carbonyl (C=O) groups is 1. The fraction of sp³-hybridized carbons (Fsp3) is 0.389. The first-order valence-electron chi connectivity index (χ1n) is 7.83. The number of aromatic amines is 1. The van der Waals surface area contributed by atoms with Crippen molar-refractivity contribution in [3.05, 3.63) is 41.3 Å². The van der Waals surface area contributed by atoms with Gasteiger partial charge in [-0.3, -0.25) is 9.69 Å². The molecule has 0 amide bonds. The van der Waals surface area contributed by atoms with Crippen molar-refractivity contribution in [3.63, 3.8) is 0 Å². The van der Waals surface area contributed by atoms with Crippen molar-refractivity contribution in [2.75, 3.05) is 20.2 Å². The van der Waals surface area contributed by atoms with Gasteiger partial charge >= 0.3 is 0 Å². The molecule has 1 N–H and O–H groups in total. The molecule has 2 aromatic rings. The normalized spacial score (nSPS) is 23.9. The molecule has 1 atom stereocenters. The fourth-order valence-corrected chi connectivity index (χ4v) is 4.12. The van der Waals surface area contributed by atoms with Crippen LogP contribution in [-0.2, 0) is 10.3 Å². The van der Waals surface area contributed by atoms with E-state index in [2.05, 4.69) is 23.4 Å². The number of carbonyl (C=O) groups excluding carboxylic acids is 1. The molecule has 3 heterocycles. The molecule has 120 valence electrons. The maximum atomic E-state index is 14.0. The zero-order chi connectivity index (χ0) is 16.4. The molecule has 0 unspecified atom stereocenters. The summed E-state index contributed by atoms with van der Waals surface area (Å²) in [5, 5.41) is 0.728. The number of fused-ring (bicyclic) bond motifs is 5. The number of methoxy groups -OCH3 is 1. The van der Waals surface area contributed by atoms with Crippen LogP contribution in [0, 0.1) is 5.82 Å². The lowest BCUT2D eigenvalue weighted by molar-refractivity contribution is 0.0782. The number of H-pyrrole nitrogens is 1. The smallest absolute Gasteiger partial charge is 0.179 e. The van der Waals surface area contributed by atoms with Crippen LogP contribution < -0.4 is 0 Å². The van der Waals surface area contributed by atoms with Gasteiger partial charge in [0.05, 0.1) is 30.3 Å². The second kappa shape index (κ2) is 4.68. The van der Waals surface area contributed by atoms with E-state index in [4.69, 9.17) is 4.74 Å². The van der Waals surface area contributed by atoms with Gasteiger partial charge in [0, 0.05) is 16.6 Å². The molecule has 2 aliphatic heterocycles. The zero-order valence-corrected chi connectivity index (χ0v) is 13.3. The van der Waals surface area contributed by atoms with E-state index < -0.39 is 0 Å². The molecule has 1 aromatic heterocycles. The molecule has 4 nitrogen and oxygen atoms in total. The summed E-state index contributed by atoms with van der Waals surface area (Å²) >= 11 is 0. The molecule has 1 aromatic carbocycles. The topological polar surface area (TPSA) is 45.3 Å². The van der Waals surface area contributed by atoms with Crippen molar-refractivity contribution in [1.82, 2.24) is 9.88 Å². The minimum Gasteiger partial charge on any atom is -0.497 e. The first-order chi connectivity index (χ1) is 11.0. The van der Waals surface area contributed by atoms with Crippen LogP contribution in [0.15, 0.2) is 18.7 Å². The van der Waals surface area contributed by atoms with E-state index in [0.717, 1.165) is 30.5 Å². The van der Waals surface area contributed by atoms with Crippen LogP contribution in [0.2, 0.25) is 0 Å². The maximum absolute atomic E-state index is 14.0. The van der Waals surface area contributed by atoms with E-state index in [1.54, 1.807) is 0 Å². The van der Waals surface area contributed by atoms with Gasteiger partial charge < -0.3 is 9.72 Å². The molecular formula is C18H19FN2O2. The second-order valence-electron chi connectivity index (χ2n) is 6.60. The highest BCUT2D eigenvalue weighted by Crippen LogP contribution is 2.46. The van der Waals surface area contributed by atoms with Crippen molar-refractivity contribution in [3.8, 4) is 0 Å². The van der Waals surface area contributed by atoms with Crippen molar-refractivity contribution in [2.24, 2.45) is 0 Å². The Labute approximate surface area is 133 Å². The molecule has 0 saturated carbocycles. The number of aromatic nitrogens is 1. The summed E-state index contributed by atoms with van der Waals surface area (Å²) < 4.78 is 19.2. The van der Waals surface area contributed by atoms with Gasteiger partial charge in [0.2, 0.25) is 0 Å². The van der Waals surface area contributed by atoms with Gasteiger partial charge in [0.25, 0.3) is 0 Å². The third kappa shape index (κ3) is 1.83. The second-order valence-corrected chi connectivity index (χ2v) is 6.60. The first-order valence-corrected chi connectivity index (χ1v) is 7.83. The summed E-state index contributed by atoms with van der Waals surface area (Å²) in [6, 6.07) is 2.83. The summed E-state index contributed by atoms with van der Waals surface area (Å²) in [6.07, 6.45) is 2.05. The summed E-state index contributed by atoms with van der Waals surface area (Å²) in [7, 11) is 1.50. The molecule has 5 heteroatoms. The van der Waals surface area contributed by atoms with E-state index in [1.165, 1.54) is 19.2 Å². The molecule has 0 aliphatic carbocycles. The molecule has 0 spiro atoms. The number of nitrogens with zero attached hydrogens (tertiary/aromatic N) is 1. The van der Waals surface area contributed by atoms with Crippen LogP contribution in [0.25, 0.3) is 16.7 Å². The maximum Gasteiger partial charge on any atom is 0.179 e. The number of benzene rings is 1. The third-order valence-corrected chi connectivity index (χ3v) is 5.35. The van der Waals surface area contributed by atoms with Crippen molar-refractivity contribution < 1.29 is 13.9 Å². The molecule has 23 heavy (non-hydrogen) atoms. The average Bonchev–Trinajstić information content (AvgIpc) is 3.07. The quantitative estimate of drug-likeness (QED) is 0.864. The van der Waals surface area contributed by atoms with Crippen LogP contribution in [-0.4, -0.2) is 35.9 Å². The van der Waals surface area contributed by atoms with Gasteiger partial charge in [-0.1, -0.05) is 6.58 Å². The summed E-state index contributed by atoms with van der Waals surface area (Å²) in [4.78, 5) is 18.3. The Morgan fingerprint density at radius 2 is 2.26 bits per heavy atom. The highest BCUT2D eigenvalue weighted by molar-refractivity contribution is 6.14. The monoisotopic (exact) mass is 314 g/mol. The number of Topliss-reactive ketones (excluding diaryl/α,β-unsaturated/α-hetero) is 1. The predicted octanol–water partition coefficient (Wildman–Crippen LogP) is 3.43. The Bertz CT molecular complexity index is 854. The number of hydrogen-bond donors (Lipinski definition) is 1. The lowest BCUT2D eigenvalue weighted by atomic mass is 9.85. The summed E-state index contributed by atoms with van der Waals surface area (Å²) in [5.74, 6) is 0.0654. The van der Waals surface area contributed by atoms with Crippen molar-refractivity contribution in [1.29, 1.82) is 0 Å². The Morgan fingerprint density at radius 1 is 1.48 bits per heavy atom. The van der Waals surface area contributed by atoms with E-state index in [9.17, 15) is 9.18 Å².